The van der Waals surface area contributed by atoms with Crippen LogP contribution < -0.4 is 10.6 Å². The molecular formula is C23H21ClN4O4. The third kappa shape index (κ3) is 3.54. The van der Waals surface area contributed by atoms with E-state index in [1.807, 2.05) is 0 Å². The van der Waals surface area contributed by atoms with Crippen molar-refractivity contribution < 1.29 is 19.2 Å². The van der Waals surface area contributed by atoms with Crippen LogP contribution in [0.2, 0.25) is 5.02 Å². The van der Waals surface area contributed by atoms with E-state index in [0.717, 1.165) is 25.7 Å². The SMILES string of the molecule is O=C(NCC1CC2(CCC2)CN1C(=O)c1ccc2c(c1)C(=O)NC2=O)c1cncc(Cl)c1. The van der Waals surface area contributed by atoms with E-state index < -0.39 is 11.8 Å². The van der Waals surface area contributed by atoms with Gasteiger partial charge >= 0.3 is 0 Å². The van der Waals surface area contributed by atoms with Gasteiger partial charge in [0.2, 0.25) is 0 Å². The largest absolute Gasteiger partial charge is 0.350 e. The van der Waals surface area contributed by atoms with Crippen LogP contribution in [-0.2, 0) is 0 Å². The first-order valence-electron chi connectivity index (χ1n) is 10.5. The van der Waals surface area contributed by atoms with Crippen molar-refractivity contribution in [1.29, 1.82) is 0 Å². The average molecular weight is 453 g/mol. The van der Waals surface area contributed by atoms with E-state index in [1.165, 1.54) is 24.5 Å². The molecule has 2 N–H and O–H groups in total. The molecule has 2 fully saturated rings. The number of hydrogen-bond acceptors (Lipinski definition) is 5. The smallest absolute Gasteiger partial charge is 0.258 e. The minimum absolute atomic E-state index is 0.0900. The van der Waals surface area contributed by atoms with Crippen molar-refractivity contribution in [2.24, 2.45) is 5.41 Å². The fourth-order valence-electron chi connectivity index (χ4n) is 4.94. The molecule has 1 saturated heterocycles. The summed E-state index contributed by atoms with van der Waals surface area (Å²) in [5.41, 5.74) is 1.31. The highest BCUT2D eigenvalue weighted by Crippen LogP contribution is 2.50. The number of fused-ring (bicyclic) bond motifs is 1. The van der Waals surface area contributed by atoms with Gasteiger partial charge in [0.25, 0.3) is 23.6 Å². The van der Waals surface area contributed by atoms with E-state index in [-0.39, 0.29) is 34.4 Å². The zero-order chi connectivity index (χ0) is 22.5. The average Bonchev–Trinajstić information content (AvgIpc) is 3.29. The van der Waals surface area contributed by atoms with Gasteiger partial charge in [-0.05, 0) is 48.9 Å². The first kappa shape index (κ1) is 20.6. The quantitative estimate of drug-likeness (QED) is 0.692. The molecule has 9 heteroatoms. The Morgan fingerprint density at radius 3 is 2.62 bits per heavy atom. The standard InChI is InChI=1S/C23H21ClN4O4/c24-15-6-14(9-25-10-15)19(29)26-11-16-8-23(4-1-5-23)12-28(16)22(32)13-2-3-17-18(7-13)21(31)27-20(17)30/h2-3,6-7,9-10,16H,1,4-5,8,11-12H2,(H,26,29)(H,27,30,31). The number of amides is 4. The zero-order valence-electron chi connectivity index (χ0n) is 17.2. The number of pyridine rings is 1. The number of carbonyl (C=O) groups is 4. The maximum atomic E-state index is 13.4. The fourth-order valence-corrected chi connectivity index (χ4v) is 5.11. The van der Waals surface area contributed by atoms with Crippen LogP contribution in [0.3, 0.4) is 0 Å². The number of halogens is 1. The van der Waals surface area contributed by atoms with Gasteiger partial charge in [-0.1, -0.05) is 18.0 Å². The molecule has 1 atom stereocenters. The molecule has 0 bridgehead atoms. The van der Waals surface area contributed by atoms with E-state index in [2.05, 4.69) is 15.6 Å². The van der Waals surface area contributed by atoms with Gasteiger partial charge in [-0.3, -0.25) is 29.5 Å². The highest BCUT2D eigenvalue weighted by molar-refractivity contribution is 6.30. The number of nitrogens with zero attached hydrogens (tertiary/aromatic N) is 2. The number of carbonyl (C=O) groups excluding carboxylic acids is 4. The summed E-state index contributed by atoms with van der Waals surface area (Å²) in [5.74, 6) is -1.44. The Morgan fingerprint density at radius 2 is 1.91 bits per heavy atom. The first-order chi connectivity index (χ1) is 15.3. The maximum absolute atomic E-state index is 13.4. The van der Waals surface area contributed by atoms with Crippen molar-refractivity contribution in [3.63, 3.8) is 0 Å². The van der Waals surface area contributed by atoms with Crippen molar-refractivity contribution >= 4 is 35.2 Å². The molecule has 3 aliphatic rings. The lowest BCUT2D eigenvalue weighted by Gasteiger charge is -2.37. The first-order valence-corrected chi connectivity index (χ1v) is 10.9. The van der Waals surface area contributed by atoms with Gasteiger partial charge in [0.1, 0.15) is 0 Å². The van der Waals surface area contributed by atoms with Crippen molar-refractivity contribution in [2.75, 3.05) is 13.1 Å². The Labute approximate surface area is 189 Å². The Hall–Kier alpha value is -3.26. The Morgan fingerprint density at radius 1 is 1.12 bits per heavy atom. The summed E-state index contributed by atoms with van der Waals surface area (Å²) in [4.78, 5) is 55.5. The number of aromatic nitrogens is 1. The van der Waals surface area contributed by atoms with E-state index in [9.17, 15) is 19.2 Å². The van der Waals surface area contributed by atoms with E-state index >= 15 is 0 Å². The monoisotopic (exact) mass is 452 g/mol. The number of imide groups is 1. The van der Waals surface area contributed by atoms with Gasteiger partial charge in [-0.15, -0.1) is 0 Å². The molecule has 1 saturated carbocycles. The van der Waals surface area contributed by atoms with Crippen LogP contribution in [0.15, 0.2) is 36.7 Å². The highest BCUT2D eigenvalue weighted by atomic mass is 35.5. The Kier molecular flexibility index (Phi) is 4.97. The number of rotatable bonds is 4. The molecule has 1 aromatic carbocycles. The third-order valence-electron chi connectivity index (χ3n) is 6.74. The molecule has 8 nitrogen and oxygen atoms in total. The molecule has 32 heavy (non-hydrogen) atoms. The molecule has 3 heterocycles. The molecule has 4 amide bonds. The molecule has 1 unspecified atom stereocenters. The second-order valence-electron chi connectivity index (χ2n) is 8.79. The normalized spacial score (nSPS) is 20.7. The molecule has 1 spiro atoms. The molecule has 164 valence electrons. The zero-order valence-corrected chi connectivity index (χ0v) is 17.9. The van der Waals surface area contributed by atoms with Gasteiger partial charge in [0.15, 0.2) is 0 Å². The van der Waals surface area contributed by atoms with Crippen LogP contribution in [-0.4, -0.2) is 52.6 Å². The Balaban J connectivity index is 1.35. The van der Waals surface area contributed by atoms with E-state index in [4.69, 9.17) is 11.6 Å². The summed E-state index contributed by atoms with van der Waals surface area (Å²) < 4.78 is 0. The summed E-state index contributed by atoms with van der Waals surface area (Å²) in [6, 6.07) is 5.96. The molecule has 0 radical (unpaired) electrons. The van der Waals surface area contributed by atoms with Crippen molar-refractivity contribution in [1.82, 2.24) is 20.5 Å². The maximum Gasteiger partial charge on any atom is 0.258 e. The lowest BCUT2D eigenvalue weighted by molar-refractivity contribution is 0.0686. The van der Waals surface area contributed by atoms with Crippen LogP contribution in [0, 0.1) is 5.41 Å². The van der Waals surface area contributed by atoms with E-state index in [0.29, 0.717) is 29.2 Å². The lowest BCUT2D eigenvalue weighted by atomic mass is 9.67. The Bertz CT molecular complexity index is 1160. The van der Waals surface area contributed by atoms with Gasteiger partial charge in [0.05, 0.1) is 21.7 Å². The van der Waals surface area contributed by atoms with E-state index in [1.54, 1.807) is 17.0 Å². The number of benzene rings is 1. The van der Waals surface area contributed by atoms with Crippen LogP contribution in [0.25, 0.3) is 0 Å². The second-order valence-corrected chi connectivity index (χ2v) is 9.23. The minimum Gasteiger partial charge on any atom is -0.350 e. The van der Waals surface area contributed by atoms with Crippen molar-refractivity contribution in [3.8, 4) is 0 Å². The summed E-state index contributed by atoms with van der Waals surface area (Å²) >= 11 is 5.93. The van der Waals surface area contributed by atoms with Gasteiger partial charge < -0.3 is 10.2 Å². The molecule has 2 aliphatic heterocycles. The van der Waals surface area contributed by atoms with Gasteiger partial charge in [-0.25, -0.2) is 0 Å². The molecule has 5 rings (SSSR count). The van der Waals surface area contributed by atoms with Crippen LogP contribution >= 0.6 is 11.6 Å². The van der Waals surface area contributed by atoms with Crippen LogP contribution in [0.1, 0.15) is 67.1 Å². The fraction of sp³-hybridized carbons (Fsp3) is 0.348. The topological polar surface area (TPSA) is 108 Å². The number of nitrogens with one attached hydrogen (secondary N) is 2. The predicted molar refractivity (Wildman–Crippen MR) is 116 cm³/mol. The summed E-state index contributed by atoms with van der Waals surface area (Å²) in [7, 11) is 0. The number of likely N-dealkylation sites (tertiary alicyclic amines) is 1. The minimum atomic E-state index is -0.490. The molecular weight excluding hydrogens is 432 g/mol. The van der Waals surface area contributed by atoms with Crippen molar-refractivity contribution in [2.45, 2.75) is 31.7 Å². The lowest BCUT2D eigenvalue weighted by Crippen LogP contribution is -2.43. The second kappa shape index (κ2) is 7.70. The van der Waals surface area contributed by atoms with Crippen LogP contribution in [0.4, 0.5) is 0 Å². The molecule has 1 aromatic heterocycles. The predicted octanol–water partition coefficient (Wildman–Crippen LogP) is 2.43. The summed E-state index contributed by atoms with van der Waals surface area (Å²) in [5, 5.41) is 5.53. The third-order valence-corrected chi connectivity index (χ3v) is 6.95. The molecule has 2 aromatic rings. The highest BCUT2D eigenvalue weighted by Gasteiger charge is 2.49. The van der Waals surface area contributed by atoms with Gasteiger partial charge in [0, 0.05) is 37.1 Å². The number of hydrogen-bond donors (Lipinski definition) is 2. The van der Waals surface area contributed by atoms with Gasteiger partial charge in [-0.2, -0.15) is 0 Å². The molecule has 1 aliphatic carbocycles. The summed E-state index contributed by atoms with van der Waals surface area (Å²) in [6.45, 7) is 0.927. The van der Waals surface area contributed by atoms with Crippen LogP contribution in [0.5, 0.6) is 0 Å². The van der Waals surface area contributed by atoms with Crippen molar-refractivity contribution in [3.05, 3.63) is 63.9 Å². The summed E-state index contributed by atoms with van der Waals surface area (Å²) in [6.07, 6.45) is 6.97.